The summed E-state index contributed by atoms with van der Waals surface area (Å²) in [5, 5.41) is 3.30. The van der Waals surface area contributed by atoms with Crippen molar-refractivity contribution in [1.82, 2.24) is 0 Å². The molecule has 0 aromatic heterocycles. The minimum absolute atomic E-state index is 0.0732. The van der Waals surface area contributed by atoms with Crippen LogP contribution in [-0.4, -0.2) is 17.7 Å². The van der Waals surface area contributed by atoms with E-state index in [0.717, 1.165) is 5.56 Å². The molecule has 1 fully saturated rings. The van der Waals surface area contributed by atoms with Crippen LogP contribution in [0.25, 0.3) is 0 Å². The molecule has 4 nitrogen and oxygen atoms in total. The van der Waals surface area contributed by atoms with E-state index in [0.29, 0.717) is 10.7 Å². The van der Waals surface area contributed by atoms with E-state index < -0.39 is 11.7 Å². The average Bonchev–Trinajstić information content (AvgIpc) is 2.76. The molecule has 0 saturated heterocycles. The van der Waals surface area contributed by atoms with E-state index in [2.05, 4.69) is 19.2 Å². The Morgan fingerprint density at radius 3 is 2.38 bits per heavy atom. The summed E-state index contributed by atoms with van der Waals surface area (Å²) < 4.78 is 5.21. The Hall–Kier alpha value is -1.26. The molecule has 1 aromatic carbocycles. The van der Waals surface area contributed by atoms with Gasteiger partial charge in [-0.2, -0.15) is 0 Å². The van der Waals surface area contributed by atoms with Gasteiger partial charge in [0.2, 0.25) is 0 Å². The molecule has 0 radical (unpaired) electrons. The fourth-order valence-corrected chi connectivity index (χ4v) is 2.85. The van der Waals surface area contributed by atoms with Gasteiger partial charge in [-0.1, -0.05) is 31.5 Å². The highest BCUT2D eigenvalue weighted by Gasteiger charge is 2.56. The molecule has 1 amide bonds. The first-order valence-electron chi connectivity index (χ1n) is 7.07. The molecule has 0 aliphatic heterocycles. The Morgan fingerprint density at radius 2 is 1.95 bits per heavy atom. The molecule has 5 heteroatoms. The molecule has 0 spiro atoms. The highest BCUT2D eigenvalue weighted by molar-refractivity contribution is 6.31. The van der Waals surface area contributed by atoms with Crippen LogP contribution in [0.2, 0.25) is 5.02 Å². The summed E-state index contributed by atoms with van der Waals surface area (Å²) >= 11 is 6.33. The highest BCUT2D eigenvalue weighted by Crippen LogP contribution is 2.58. The summed E-state index contributed by atoms with van der Waals surface area (Å²) in [6.07, 6.45) is -0.491. The quantitative estimate of drug-likeness (QED) is 0.863. The summed E-state index contributed by atoms with van der Waals surface area (Å²) in [5.74, 6) is 0.264. The lowest BCUT2D eigenvalue weighted by molar-refractivity contribution is 0.0636. The number of carbonyl (C=O) groups excluding carboxylic acids is 1. The van der Waals surface area contributed by atoms with Crippen LogP contribution in [0.1, 0.15) is 46.1 Å². The van der Waals surface area contributed by atoms with E-state index >= 15 is 0 Å². The van der Waals surface area contributed by atoms with Crippen LogP contribution in [0.4, 0.5) is 10.5 Å². The molecule has 0 heterocycles. The summed E-state index contributed by atoms with van der Waals surface area (Å²) in [4.78, 5) is 11.7. The number of nitrogens with one attached hydrogen (secondary N) is 1. The summed E-state index contributed by atoms with van der Waals surface area (Å²) in [6.45, 7) is 9.72. The maximum Gasteiger partial charge on any atom is 0.412 e. The first-order valence-corrected chi connectivity index (χ1v) is 7.45. The van der Waals surface area contributed by atoms with Gasteiger partial charge in [0.25, 0.3) is 0 Å². The Labute approximate surface area is 131 Å². The molecule has 0 bridgehead atoms. The van der Waals surface area contributed by atoms with Crippen LogP contribution in [-0.2, 0) is 4.74 Å². The Morgan fingerprint density at radius 1 is 1.38 bits per heavy atom. The first-order chi connectivity index (χ1) is 9.52. The van der Waals surface area contributed by atoms with Gasteiger partial charge < -0.3 is 10.5 Å². The van der Waals surface area contributed by atoms with Crippen molar-refractivity contribution in [2.75, 3.05) is 5.32 Å². The fourth-order valence-electron chi connectivity index (χ4n) is 2.55. The molecule has 1 aliphatic rings. The van der Waals surface area contributed by atoms with Crippen molar-refractivity contribution < 1.29 is 9.53 Å². The number of ether oxygens (including phenoxy) is 1. The first kappa shape index (κ1) is 16.1. The maximum atomic E-state index is 11.7. The summed E-state index contributed by atoms with van der Waals surface area (Å²) in [6, 6.07) is 5.61. The van der Waals surface area contributed by atoms with Crippen molar-refractivity contribution in [2.45, 2.75) is 52.2 Å². The number of anilines is 1. The fraction of sp³-hybridized carbons (Fsp3) is 0.562. The van der Waals surface area contributed by atoms with Gasteiger partial charge in [-0.05, 0) is 43.9 Å². The number of carbonyl (C=O) groups is 1. The van der Waals surface area contributed by atoms with Crippen molar-refractivity contribution >= 4 is 23.4 Å². The normalized spacial score (nSPS) is 23.6. The summed E-state index contributed by atoms with van der Waals surface area (Å²) in [5.41, 5.74) is 7.28. The molecule has 3 N–H and O–H groups in total. The molecule has 2 rings (SSSR count). The lowest BCUT2D eigenvalue weighted by Gasteiger charge is -2.20. The molecule has 116 valence electrons. The monoisotopic (exact) mass is 310 g/mol. The second kappa shape index (κ2) is 5.18. The van der Waals surface area contributed by atoms with Gasteiger partial charge in [0.1, 0.15) is 5.60 Å². The molecule has 1 saturated carbocycles. The highest BCUT2D eigenvalue weighted by atomic mass is 35.5. The van der Waals surface area contributed by atoms with Gasteiger partial charge in [-0.25, -0.2) is 4.79 Å². The van der Waals surface area contributed by atoms with Gasteiger partial charge in [-0.3, -0.25) is 5.32 Å². The second-order valence-electron chi connectivity index (χ2n) is 7.19. The number of halogens is 1. The van der Waals surface area contributed by atoms with Crippen LogP contribution in [0.15, 0.2) is 18.2 Å². The van der Waals surface area contributed by atoms with Crippen LogP contribution in [0, 0.1) is 5.41 Å². The third kappa shape index (κ3) is 3.50. The number of hydrogen-bond donors (Lipinski definition) is 2. The lowest BCUT2D eigenvalue weighted by Crippen LogP contribution is -2.27. The van der Waals surface area contributed by atoms with E-state index in [1.165, 1.54) is 0 Å². The predicted molar refractivity (Wildman–Crippen MR) is 85.8 cm³/mol. The van der Waals surface area contributed by atoms with Gasteiger partial charge in [-0.15, -0.1) is 0 Å². The van der Waals surface area contributed by atoms with Gasteiger partial charge in [0.05, 0.1) is 0 Å². The molecular weight excluding hydrogens is 288 g/mol. The van der Waals surface area contributed by atoms with Gasteiger partial charge in [0.15, 0.2) is 0 Å². The number of nitrogens with two attached hydrogens (primary N) is 1. The minimum Gasteiger partial charge on any atom is -0.444 e. The van der Waals surface area contributed by atoms with E-state index in [9.17, 15) is 4.79 Å². The van der Waals surface area contributed by atoms with E-state index in [4.69, 9.17) is 22.1 Å². The van der Waals surface area contributed by atoms with Crippen LogP contribution in [0.5, 0.6) is 0 Å². The Balaban J connectivity index is 2.08. The van der Waals surface area contributed by atoms with Gasteiger partial charge >= 0.3 is 6.09 Å². The zero-order valence-corrected chi connectivity index (χ0v) is 13.9. The summed E-state index contributed by atoms with van der Waals surface area (Å²) in [7, 11) is 0. The number of benzene rings is 1. The number of hydrogen-bond acceptors (Lipinski definition) is 3. The minimum atomic E-state index is -0.529. The molecule has 2 atom stereocenters. The van der Waals surface area contributed by atoms with E-state index in [1.807, 2.05) is 32.9 Å². The van der Waals surface area contributed by atoms with E-state index in [-0.39, 0.29) is 17.4 Å². The third-order valence-corrected chi connectivity index (χ3v) is 4.22. The standard InChI is InChI=1S/C16H23ClN2O2/c1-15(2,3)21-14(20)19-9-6-7-10(11(17)8-9)12-13(18)16(12,4)5/h6-8,12-13H,18H2,1-5H3,(H,19,20)/t12-,13-/m0/s1. The zero-order valence-electron chi connectivity index (χ0n) is 13.2. The van der Waals surface area contributed by atoms with Crippen molar-refractivity contribution in [3.8, 4) is 0 Å². The van der Waals surface area contributed by atoms with Crippen molar-refractivity contribution in [1.29, 1.82) is 0 Å². The predicted octanol–water partition coefficient (Wildman–Crippen LogP) is 4.14. The van der Waals surface area contributed by atoms with Crippen LogP contribution < -0.4 is 11.1 Å². The second-order valence-corrected chi connectivity index (χ2v) is 7.60. The van der Waals surface area contributed by atoms with Crippen molar-refractivity contribution in [2.24, 2.45) is 11.1 Å². The molecule has 0 unspecified atom stereocenters. The van der Waals surface area contributed by atoms with Gasteiger partial charge in [0, 0.05) is 22.7 Å². The van der Waals surface area contributed by atoms with Crippen LogP contribution >= 0.6 is 11.6 Å². The Bertz CT molecular complexity index is 564. The maximum absolute atomic E-state index is 11.7. The number of amides is 1. The van der Waals surface area contributed by atoms with Crippen molar-refractivity contribution in [3.63, 3.8) is 0 Å². The van der Waals surface area contributed by atoms with Crippen molar-refractivity contribution in [3.05, 3.63) is 28.8 Å². The zero-order chi connectivity index (χ0) is 16.0. The molecule has 1 aliphatic carbocycles. The number of rotatable bonds is 2. The van der Waals surface area contributed by atoms with E-state index in [1.54, 1.807) is 6.07 Å². The Kier molecular flexibility index (Phi) is 3.98. The SMILES string of the molecule is CC(C)(C)OC(=O)Nc1ccc([C@H]2[C@H](N)C2(C)C)c(Cl)c1. The molecular formula is C16H23ClN2O2. The largest absolute Gasteiger partial charge is 0.444 e. The van der Waals surface area contributed by atoms with Crippen LogP contribution in [0.3, 0.4) is 0 Å². The third-order valence-electron chi connectivity index (χ3n) is 3.89. The topological polar surface area (TPSA) is 64.3 Å². The molecule has 21 heavy (non-hydrogen) atoms. The lowest BCUT2D eigenvalue weighted by atomic mass is 10.0. The molecule has 1 aromatic rings. The smallest absolute Gasteiger partial charge is 0.412 e. The average molecular weight is 311 g/mol.